The fourth-order valence-electron chi connectivity index (χ4n) is 4.25. The van der Waals surface area contributed by atoms with Crippen LogP contribution in [0.15, 0.2) is 42.5 Å². The molecule has 1 heterocycles. The van der Waals surface area contributed by atoms with E-state index in [4.69, 9.17) is 14.2 Å². The molecule has 2 aromatic carbocycles. The van der Waals surface area contributed by atoms with Crippen LogP contribution in [0, 0.1) is 0 Å². The molecule has 0 amide bonds. The summed E-state index contributed by atoms with van der Waals surface area (Å²) >= 11 is 0. The van der Waals surface area contributed by atoms with Crippen LogP contribution in [-0.2, 0) is 22.3 Å². The molecule has 7 N–H and O–H groups in total. The van der Waals surface area contributed by atoms with E-state index >= 15 is 0 Å². The van der Waals surface area contributed by atoms with E-state index in [2.05, 4.69) is 0 Å². The number of hydrogen-bond acceptors (Lipinski definition) is 10. The summed E-state index contributed by atoms with van der Waals surface area (Å²) in [4.78, 5) is 0. The molecule has 3 rings (SSSR count). The number of aromatic hydroxyl groups is 2. The van der Waals surface area contributed by atoms with Gasteiger partial charge in [-0.15, -0.1) is 0 Å². The number of phenolic OH excluding ortho intramolecular Hbond substituents is 2. The smallest absolute Gasteiger partial charge is 0.187 e. The fraction of sp³-hybridized carbons (Fsp3) is 0.538. The van der Waals surface area contributed by atoms with Gasteiger partial charge in [-0.2, -0.15) is 0 Å². The van der Waals surface area contributed by atoms with Gasteiger partial charge in [0, 0.05) is 0 Å². The van der Waals surface area contributed by atoms with Crippen LogP contribution < -0.4 is 4.74 Å². The second-order valence-corrected chi connectivity index (χ2v) is 9.04. The molecule has 36 heavy (non-hydrogen) atoms. The van der Waals surface area contributed by atoms with Crippen molar-refractivity contribution in [2.45, 2.75) is 75.0 Å². The van der Waals surface area contributed by atoms with Crippen molar-refractivity contribution in [2.75, 3.05) is 13.7 Å². The Labute approximate surface area is 209 Å². The van der Waals surface area contributed by atoms with E-state index in [1.807, 2.05) is 12.1 Å². The summed E-state index contributed by atoms with van der Waals surface area (Å²) in [6.45, 7) is -0.585. The van der Waals surface area contributed by atoms with Crippen molar-refractivity contribution in [3.8, 4) is 17.2 Å². The van der Waals surface area contributed by atoms with Gasteiger partial charge >= 0.3 is 0 Å². The summed E-state index contributed by atoms with van der Waals surface area (Å²) in [5.41, 5.74) is 1.82. The topological polar surface area (TPSA) is 169 Å². The van der Waals surface area contributed by atoms with Crippen LogP contribution in [0.3, 0.4) is 0 Å². The molecule has 2 unspecified atom stereocenters. The van der Waals surface area contributed by atoms with Gasteiger partial charge in [0.15, 0.2) is 17.8 Å². The number of ether oxygens (including phenoxy) is 3. The van der Waals surface area contributed by atoms with Crippen LogP contribution in [0.25, 0.3) is 0 Å². The van der Waals surface area contributed by atoms with Gasteiger partial charge in [0.25, 0.3) is 0 Å². The van der Waals surface area contributed by atoms with Crippen LogP contribution in [0.5, 0.6) is 17.2 Å². The third-order valence-corrected chi connectivity index (χ3v) is 6.45. The second kappa shape index (κ2) is 13.2. The number of aryl methyl sites for hydroxylation is 2. The molecule has 1 aliphatic rings. The molecule has 0 radical (unpaired) electrons. The minimum Gasteiger partial charge on any atom is -0.508 e. The van der Waals surface area contributed by atoms with Crippen molar-refractivity contribution in [2.24, 2.45) is 0 Å². The Kier molecular flexibility index (Phi) is 10.3. The summed E-state index contributed by atoms with van der Waals surface area (Å²) in [5, 5.41) is 70.3. The molecule has 1 saturated heterocycles. The zero-order valence-electron chi connectivity index (χ0n) is 20.2. The Morgan fingerprint density at radius 1 is 0.889 bits per heavy atom. The number of hydrogen-bond donors (Lipinski definition) is 7. The van der Waals surface area contributed by atoms with Gasteiger partial charge in [0.1, 0.15) is 30.2 Å². The Morgan fingerprint density at radius 2 is 1.58 bits per heavy atom. The summed E-state index contributed by atoms with van der Waals surface area (Å²) < 4.78 is 16.5. The minimum atomic E-state index is -1.59. The predicted molar refractivity (Wildman–Crippen MR) is 129 cm³/mol. The van der Waals surface area contributed by atoms with Crippen molar-refractivity contribution < 1.29 is 50.0 Å². The van der Waals surface area contributed by atoms with Gasteiger partial charge in [0.05, 0.1) is 25.9 Å². The highest BCUT2D eigenvalue weighted by atomic mass is 16.7. The Balaban J connectivity index is 1.68. The quantitative estimate of drug-likeness (QED) is 0.216. The third kappa shape index (κ3) is 7.30. The highest BCUT2D eigenvalue weighted by Gasteiger charge is 2.45. The van der Waals surface area contributed by atoms with Crippen molar-refractivity contribution in [1.29, 1.82) is 0 Å². The second-order valence-electron chi connectivity index (χ2n) is 9.04. The zero-order chi connectivity index (χ0) is 26.2. The zero-order valence-corrected chi connectivity index (χ0v) is 20.2. The molecule has 0 aromatic heterocycles. The summed E-state index contributed by atoms with van der Waals surface area (Å²) in [6, 6.07) is 11.7. The van der Waals surface area contributed by atoms with Crippen molar-refractivity contribution in [3.63, 3.8) is 0 Å². The molecule has 2 aromatic rings. The van der Waals surface area contributed by atoms with Gasteiger partial charge < -0.3 is 50.0 Å². The Hall–Kier alpha value is -2.44. The standard InChI is InChI=1S/C26H36O10/c1-34-21-13-16(7-11-19(21)30)8-12-20(18(29)4-2-3-15-5-9-17(28)10-6-15)35-26-25(33)24(32)23(31)22(14-27)36-26/h5-7,9-11,13,18,20,22-33H,2-4,8,12,14H2,1H3/t18?,20?,22-,23-,24+,25-,26-/m1/s1. The number of methoxy groups -OCH3 is 1. The lowest BCUT2D eigenvalue weighted by Crippen LogP contribution is -2.60. The van der Waals surface area contributed by atoms with Gasteiger partial charge in [-0.05, 0) is 67.5 Å². The first-order valence-electron chi connectivity index (χ1n) is 12.0. The van der Waals surface area contributed by atoms with E-state index in [9.17, 15) is 35.7 Å². The van der Waals surface area contributed by atoms with Crippen LogP contribution >= 0.6 is 0 Å². The van der Waals surface area contributed by atoms with Crippen LogP contribution in [-0.4, -0.2) is 92.4 Å². The normalized spacial score (nSPS) is 25.9. The van der Waals surface area contributed by atoms with E-state index in [0.29, 0.717) is 37.9 Å². The maximum Gasteiger partial charge on any atom is 0.187 e. The summed E-state index contributed by atoms with van der Waals surface area (Å²) in [7, 11) is 1.45. The molecular weight excluding hydrogens is 472 g/mol. The first kappa shape index (κ1) is 28.1. The maximum atomic E-state index is 11.0. The lowest BCUT2D eigenvalue weighted by atomic mass is 9.97. The fourth-order valence-corrected chi connectivity index (χ4v) is 4.25. The first-order chi connectivity index (χ1) is 17.2. The van der Waals surface area contributed by atoms with Gasteiger partial charge in [-0.1, -0.05) is 18.2 Å². The molecule has 10 heteroatoms. The van der Waals surface area contributed by atoms with Crippen molar-refractivity contribution >= 4 is 0 Å². The molecule has 1 fully saturated rings. The number of aliphatic hydroxyl groups excluding tert-OH is 5. The molecule has 0 spiro atoms. The lowest BCUT2D eigenvalue weighted by molar-refractivity contribution is -0.317. The van der Waals surface area contributed by atoms with Gasteiger partial charge in [-0.3, -0.25) is 0 Å². The Morgan fingerprint density at radius 3 is 2.25 bits per heavy atom. The van der Waals surface area contributed by atoms with Crippen molar-refractivity contribution in [1.82, 2.24) is 0 Å². The summed E-state index contributed by atoms with van der Waals surface area (Å²) in [5.74, 6) is 0.496. The van der Waals surface area contributed by atoms with E-state index in [1.54, 1.807) is 24.3 Å². The number of phenols is 2. The maximum absolute atomic E-state index is 11.0. The first-order valence-corrected chi connectivity index (χ1v) is 12.0. The molecule has 200 valence electrons. The van der Waals surface area contributed by atoms with Crippen LogP contribution in [0.2, 0.25) is 0 Å². The Bertz CT molecular complexity index is 935. The van der Waals surface area contributed by atoms with Gasteiger partial charge in [0.2, 0.25) is 0 Å². The average Bonchev–Trinajstić information content (AvgIpc) is 2.88. The molecular formula is C26H36O10. The SMILES string of the molecule is COc1cc(CCC(O[C@@H]2O[C@H](CO)[C@@H](O)[C@H](O)[C@H]2O)C(O)CCCc2ccc(O)cc2)ccc1O. The molecule has 10 nitrogen and oxygen atoms in total. The monoisotopic (exact) mass is 508 g/mol. The van der Waals surface area contributed by atoms with Gasteiger partial charge in [-0.25, -0.2) is 0 Å². The average molecular weight is 509 g/mol. The molecule has 1 aliphatic heterocycles. The highest BCUT2D eigenvalue weighted by Crippen LogP contribution is 2.29. The summed E-state index contributed by atoms with van der Waals surface area (Å²) in [6.07, 6.45) is -6.54. The minimum absolute atomic E-state index is 0.00429. The van der Waals surface area contributed by atoms with E-state index in [-0.39, 0.29) is 11.5 Å². The number of rotatable bonds is 12. The number of benzene rings is 2. The molecule has 0 aliphatic carbocycles. The van der Waals surface area contributed by atoms with E-state index < -0.39 is 49.5 Å². The van der Waals surface area contributed by atoms with Crippen LogP contribution in [0.1, 0.15) is 30.4 Å². The third-order valence-electron chi connectivity index (χ3n) is 6.45. The molecule has 0 bridgehead atoms. The lowest BCUT2D eigenvalue weighted by Gasteiger charge is -2.41. The highest BCUT2D eigenvalue weighted by molar-refractivity contribution is 5.41. The molecule has 0 saturated carbocycles. The van der Waals surface area contributed by atoms with E-state index in [1.165, 1.54) is 13.2 Å². The largest absolute Gasteiger partial charge is 0.508 e. The van der Waals surface area contributed by atoms with E-state index in [0.717, 1.165) is 11.1 Å². The predicted octanol–water partition coefficient (Wildman–Crippen LogP) is 0.608. The molecule has 7 atom stereocenters. The van der Waals surface area contributed by atoms with Crippen molar-refractivity contribution in [3.05, 3.63) is 53.6 Å². The van der Waals surface area contributed by atoms with Crippen LogP contribution in [0.4, 0.5) is 0 Å². The number of aliphatic hydroxyl groups is 5.